The van der Waals surface area contributed by atoms with Gasteiger partial charge in [-0.3, -0.25) is 5.32 Å². The van der Waals surface area contributed by atoms with Gasteiger partial charge in [-0.15, -0.1) is 11.8 Å². The highest BCUT2D eigenvalue weighted by Gasteiger charge is 2.37. The van der Waals surface area contributed by atoms with Crippen LogP contribution in [-0.4, -0.2) is 25.0 Å². The molecule has 2 unspecified atom stereocenters. The fourth-order valence-electron chi connectivity index (χ4n) is 2.83. The lowest BCUT2D eigenvalue weighted by atomic mass is 9.88. The van der Waals surface area contributed by atoms with E-state index in [-0.39, 0.29) is 6.10 Å². The molecule has 4 heteroatoms. The summed E-state index contributed by atoms with van der Waals surface area (Å²) in [6.45, 7) is 1.63. The van der Waals surface area contributed by atoms with Crippen molar-refractivity contribution in [3.8, 4) is 6.07 Å². The fraction of sp³-hybridized carbons (Fsp3) is 0.533. The standard InChI is InChI=1S/C15H18N2OS/c16-11-15(17-10-12-4-3-8-18-12)7-9-19-14-6-2-1-5-13(14)15/h1-2,5-6,12,17H,3-4,7-10H2. The average molecular weight is 274 g/mol. The highest BCUT2D eigenvalue weighted by Crippen LogP contribution is 2.39. The van der Waals surface area contributed by atoms with Gasteiger partial charge in [-0.2, -0.15) is 5.26 Å². The van der Waals surface area contributed by atoms with Gasteiger partial charge in [0.2, 0.25) is 0 Å². The summed E-state index contributed by atoms with van der Waals surface area (Å²) in [5.41, 5.74) is 0.597. The molecular weight excluding hydrogens is 256 g/mol. The highest BCUT2D eigenvalue weighted by molar-refractivity contribution is 7.99. The van der Waals surface area contributed by atoms with Crippen molar-refractivity contribution in [2.45, 2.75) is 35.8 Å². The molecule has 0 saturated carbocycles. The molecule has 0 aliphatic carbocycles. The van der Waals surface area contributed by atoms with Crippen molar-refractivity contribution in [2.24, 2.45) is 0 Å². The van der Waals surface area contributed by atoms with Gasteiger partial charge in [0.1, 0.15) is 5.54 Å². The van der Waals surface area contributed by atoms with Crippen LogP contribution in [0.2, 0.25) is 0 Å². The Labute approximate surface area is 118 Å². The largest absolute Gasteiger partial charge is 0.377 e. The number of fused-ring (bicyclic) bond motifs is 1. The van der Waals surface area contributed by atoms with E-state index in [1.165, 1.54) is 4.90 Å². The van der Waals surface area contributed by atoms with Gasteiger partial charge in [-0.1, -0.05) is 18.2 Å². The quantitative estimate of drug-likeness (QED) is 0.920. The number of thioether (sulfide) groups is 1. The Morgan fingerprint density at radius 2 is 2.37 bits per heavy atom. The summed E-state index contributed by atoms with van der Waals surface area (Å²) >= 11 is 1.84. The molecule has 0 spiro atoms. The molecule has 3 nitrogen and oxygen atoms in total. The monoisotopic (exact) mass is 274 g/mol. The first-order valence-electron chi connectivity index (χ1n) is 6.84. The lowest BCUT2D eigenvalue weighted by Crippen LogP contribution is -2.46. The van der Waals surface area contributed by atoms with Crippen LogP contribution in [0.1, 0.15) is 24.8 Å². The first-order chi connectivity index (χ1) is 9.34. The normalized spacial score (nSPS) is 29.7. The molecule has 1 saturated heterocycles. The molecule has 0 amide bonds. The summed E-state index contributed by atoms with van der Waals surface area (Å²) in [5.74, 6) is 0.989. The van der Waals surface area contributed by atoms with E-state index in [9.17, 15) is 5.26 Å². The summed E-state index contributed by atoms with van der Waals surface area (Å²) in [4.78, 5) is 1.23. The highest BCUT2D eigenvalue weighted by atomic mass is 32.2. The Kier molecular flexibility index (Phi) is 3.79. The molecule has 0 radical (unpaired) electrons. The smallest absolute Gasteiger partial charge is 0.134 e. The first kappa shape index (κ1) is 13.0. The average Bonchev–Trinajstić information content (AvgIpc) is 2.98. The van der Waals surface area contributed by atoms with Gasteiger partial charge in [0.15, 0.2) is 0 Å². The molecule has 19 heavy (non-hydrogen) atoms. The van der Waals surface area contributed by atoms with Gasteiger partial charge in [0.25, 0.3) is 0 Å². The van der Waals surface area contributed by atoms with E-state index in [0.29, 0.717) is 0 Å². The van der Waals surface area contributed by atoms with Crippen molar-refractivity contribution in [2.75, 3.05) is 18.9 Å². The molecule has 1 fully saturated rings. The Morgan fingerprint density at radius 1 is 1.47 bits per heavy atom. The Hall–Kier alpha value is -1.02. The van der Waals surface area contributed by atoms with Gasteiger partial charge in [0, 0.05) is 23.8 Å². The summed E-state index contributed by atoms with van der Waals surface area (Å²) in [6, 6.07) is 10.8. The van der Waals surface area contributed by atoms with Crippen molar-refractivity contribution in [3.05, 3.63) is 29.8 Å². The van der Waals surface area contributed by atoms with Crippen molar-refractivity contribution in [3.63, 3.8) is 0 Å². The van der Waals surface area contributed by atoms with E-state index in [4.69, 9.17) is 4.74 Å². The van der Waals surface area contributed by atoms with E-state index in [2.05, 4.69) is 23.5 Å². The van der Waals surface area contributed by atoms with E-state index < -0.39 is 5.54 Å². The predicted octanol–water partition coefficient (Wildman–Crippen LogP) is 2.67. The number of ether oxygens (including phenoxy) is 1. The number of benzene rings is 1. The molecule has 1 aromatic rings. The molecule has 0 aromatic heterocycles. The lowest BCUT2D eigenvalue weighted by molar-refractivity contribution is 0.103. The Balaban J connectivity index is 1.81. The van der Waals surface area contributed by atoms with Crippen LogP contribution in [0.5, 0.6) is 0 Å². The molecule has 1 aromatic carbocycles. The maximum Gasteiger partial charge on any atom is 0.134 e. The van der Waals surface area contributed by atoms with Gasteiger partial charge in [-0.05, 0) is 30.9 Å². The van der Waals surface area contributed by atoms with Gasteiger partial charge in [-0.25, -0.2) is 0 Å². The molecular formula is C15H18N2OS. The maximum atomic E-state index is 9.70. The molecule has 2 aliphatic heterocycles. The third-order valence-corrected chi connectivity index (χ3v) is 5.00. The number of rotatable bonds is 3. The van der Waals surface area contributed by atoms with Crippen LogP contribution < -0.4 is 5.32 Å². The summed E-state index contributed by atoms with van der Waals surface area (Å²) in [5, 5.41) is 13.2. The number of hydrogen-bond donors (Lipinski definition) is 1. The minimum atomic E-state index is -0.534. The van der Waals surface area contributed by atoms with Crippen molar-refractivity contribution >= 4 is 11.8 Å². The van der Waals surface area contributed by atoms with E-state index in [1.54, 1.807) is 0 Å². The maximum absolute atomic E-state index is 9.70. The van der Waals surface area contributed by atoms with Crippen LogP contribution in [0.25, 0.3) is 0 Å². The SMILES string of the molecule is N#CC1(NCC2CCCO2)CCSc2ccccc21. The second kappa shape index (κ2) is 5.54. The van der Waals surface area contributed by atoms with Crippen LogP contribution >= 0.6 is 11.8 Å². The fourth-order valence-corrected chi connectivity index (χ4v) is 4.03. The zero-order valence-corrected chi connectivity index (χ0v) is 11.7. The van der Waals surface area contributed by atoms with Crippen LogP contribution in [0.4, 0.5) is 0 Å². The summed E-state index contributed by atoms with van der Waals surface area (Å²) < 4.78 is 5.64. The van der Waals surface area contributed by atoms with Crippen molar-refractivity contribution in [1.82, 2.24) is 5.32 Å². The lowest BCUT2D eigenvalue weighted by Gasteiger charge is -2.34. The number of hydrogen-bond acceptors (Lipinski definition) is 4. The molecule has 2 heterocycles. The van der Waals surface area contributed by atoms with Crippen LogP contribution in [0.15, 0.2) is 29.2 Å². The topological polar surface area (TPSA) is 45.0 Å². The second-order valence-electron chi connectivity index (χ2n) is 5.13. The molecule has 1 N–H and O–H groups in total. The number of nitrogens with zero attached hydrogens (tertiary/aromatic N) is 1. The van der Waals surface area contributed by atoms with E-state index >= 15 is 0 Å². The summed E-state index contributed by atoms with van der Waals surface area (Å²) in [6.07, 6.45) is 3.37. The van der Waals surface area contributed by atoms with Crippen molar-refractivity contribution in [1.29, 1.82) is 5.26 Å². The molecule has 2 aliphatic rings. The molecule has 0 bridgehead atoms. The number of nitriles is 1. The van der Waals surface area contributed by atoms with Crippen molar-refractivity contribution < 1.29 is 4.74 Å². The second-order valence-corrected chi connectivity index (χ2v) is 6.26. The minimum absolute atomic E-state index is 0.270. The van der Waals surface area contributed by atoms with Crippen LogP contribution in [0, 0.1) is 11.3 Å². The van der Waals surface area contributed by atoms with E-state index in [0.717, 1.165) is 43.7 Å². The third-order valence-electron chi connectivity index (χ3n) is 3.93. The van der Waals surface area contributed by atoms with E-state index in [1.807, 2.05) is 23.9 Å². The zero-order chi connectivity index (χ0) is 13.1. The molecule has 100 valence electrons. The first-order valence-corrected chi connectivity index (χ1v) is 7.83. The Bertz CT molecular complexity index is 493. The zero-order valence-electron chi connectivity index (χ0n) is 10.9. The molecule has 2 atom stereocenters. The summed E-state index contributed by atoms with van der Waals surface area (Å²) in [7, 11) is 0. The third kappa shape index (κ3) is 2.51. The Morgan fingerprint density at radius 3 is 3.16 bits per heavy atom. The molecule has 3 rings (SSSR count). The minimum Gasteiger partial charge on any atom is -0.377 e. The van der Waals surface area contributed by atoms with Gasteiger partial charge >= 0.3 is 0 Å². The van der Waals surface area contributed by atoms with Gasteiger partial charge in [0.05, 0.1) is 12.2 Å². The van der Waals surface area contributed by atoms with Crippen LogP contribution in [0.3, 0.4) is 0 Å². The van der Waals surface area contributed by atoms with Crippen LogP contribution in [-0.2, 0) is 10.3 Å². The number of nitrogens with one attached hydrogen (secondary N) is 1. The predicted molar refractivity (Wildman–Crippen MR) is 76.1 cm³/mol. The van der Waals surface area contributed by atoms with Gasteiger partial charge < -0.3 is 4.74 Å².